The Morgan fingerprint density at radius 2 is 1.96 bits per heavy atom. The van der Waals surface area contributed by atoms with E-state index in [0.29, 0.717) is 17.2 Å². The summed E-state index contributed by atoms with van der Waals surface area (Å²) in [7, 11) is 0. The van der Waals surface area contributed by atoms with Crippen LogP contribution in [-0.4, -0.2) is 21.0 Å². The van der Waals surface area contributed by atoms with Crippen molar-refractivity contribution in [2.45, 2.75) is 13.8 Å². The third-order valence-electron chi connectivity index (χ3n) is 3.67. The van der Waals surface area contributed by atoms with E-state index in [1.807, 2.05) is 25.1 Å². The van der Waals surface area contributed by atoms with Crippen molar-refractivity contribution in [1.82, 2.24) is 10.2 Å². The van der Waals surface area contributed by atoms with Crippen molar-refractivity contribution in [3.8, 4) is 11.5 Å². The van der Waals surface area contributed by atoms with E-state index in [0.717, 1.165) is 5.56 Å². The summed E-state index contributed by atoms with van der Waals surface area (Å²) >= 11 is 0. The first-order valence-corrected chi connectivity index (χ1v) is 7.80. The van der Waals surface area contributed by atoms with Gasteiger partial charge in [0.25, 0.3) is 5.91 Å². The normalized spacial score (nSPS) is 10.4. The van der Waals surface area contributed by atoms with Crippen molar-refractivity contribution in [3.63, 3.8) is 0 Å². The number of aromatic nitrogens is 2. The van der Waals surface area contributed by atoms with Gasteiger partial charge in [-0.1, -0.05) is 24.3 Å². The quantitative estimate of drug-likeness (QED) is 0.533. The minimum absolute atomic E-state index is 0.212. The van der Waals surface area contributed by atoms with Gasteiger partial charge in [-0.25, -0.2) is 0 Å². The molecular weight excluding hydrogens is 336 g/mol. The number of aromatic amines is 1. The Kier molecular flexibility index (Phi) is 4.66. The van der Waals surface area contributed by atoms with Gasteiger partial charge in [-0.05, 0) is 43.7 Å². The molecule has 0 unspecified atom stereocenters. The lowest BCUT2D eigenvalue weighted by molar-refractivity contribution is -0.385. The number of nitrogens with one attached hydrogen (secondary N) is 2. The maximum Gasteiger partial charge on any atom is 0.322 e. The van der Waals surface area contributed by atoms with E-state index in [1.165, 1.54) is 6.92 Å². The lowest BCUT2D eigenvalue weighted by Crippen LogP contribution is -2.14. The number of anilines is 1. The summed E-state index contributed by atoms with van der Waals surface area (Å²) in [4.78, 5) is 23.0. The fourth-order valence-electron chi connectivity index (χ4n) is 2.45. The molecular formula is C18H16N4O4. The van der Waals surface area contributed by atoms with Crippen LogP contribution in [0.4, 0.5) is 11.4 Å². The lowest BCUT2D eigenvalue weighted by atomic mass is 10.2. The zero-order valence-electron chi connectivity index (χ0n) is 14.1. The van der Waals surface area contributed by atoms with Crippen LogP contribution in [0.1, 0.15) is 21.7 Å². The highest BCUT2D eigenvalue weighted by atomic mass is 16.6. The van der Waals surface area contributed by atoms with Gasteiger partial charge in [0.1, 0.15) is 11.4 Å². The Balaban J connectivity index is 1.87. The predicted molar refractivity (Wildman–Crippen MR) is 95.6 cm³/mol. The first-order valence-electron chi connectivity index (χ1n) is 7.80. The van der Waals surface area contributed by atoms with Crippen molar-refractivity contribution in [1.29, 1.82) is 0 Å². The van der Waals surface area contributed by atoms with Gasteiger partial charge in [-0.15, -0.1) is 0 Å². The summed E-state index contributed by atoms with van der Waals surface area (Å²) in [6.07, 6.45) is 0. The summed E-state index contributed by atoms with van der Waals surface area (Å²) in [5.41, 5.74) is 1.00. The van der Waals surface area contributed by atoms with Crippen LogP contribution >= 0.6 is 0 Å². The van der Waals surface area contributed by atoms with Crippen LogP contribution in [-0.2, 0) is 0 Å². The van der Waals surface area contributed by atoms with E-state index in [-0.39, 0.29) is 17.1 Å². The highest BCUT2D eigenvalue weighted by molar-refractivity contribution is 6.06. The number of nitro groups is 1. The number of nitrogens with zero attached hydrogens (tertiary/aromatic N) is 2. The van der Waals surface area contributed by atoms with Crippen LogP contribution in [0, 0.1) is 24.0 Å². The van der Waals surface area contributed by atoms with Crippen LogP contribution < -0.4 is 10.1 Å². The van der Waals surface area contributed by atoms with Crippen LogP contribution in [0.3, 0.4) is 0 Å². The first-order chi connectivity index (χ1) is 12.5. The van der Waals surface area contributed by atoms with Gasteiger partial charge in [0.15, 0.2) is 5.75 Å². The van der Waals surface area contributed by atoms with Gasteiger partial charge >= 0.3 is 5.69 Å². The molecule has 132 valence electrons. The number of aryl methyl sites for hydroxylation is 2. The topological polar surface area (TPSA) is 110 Å². The van der Waals surface area contributed by atoms with Crippen LogP contribution in [0.25, 0.3) is 0 Å². The van der Waals surface area contributed by atoms with Crippen molar-refractivity contribution in [3.05, 3.63) is 75.6 Å². The molecule has 3 rings (SSSR count). The summed E-state index contributed by atoms with van der Waals surface area (Å²) in [6, 6.07) is 14.3. The highest BCUT2D eigenvalue weighted by Crippen LogP contribution is 2.30. The molecule has 2 aromatic carbocycles. The zero-order chi connectivity index (χ0) is 18.7. The molecule has 0 fully saturated rings. The molecule has 8 heteroatoms. The minimum Gasteiger partial charge on any atom is -0.455 e. The largest absolute Gasteiger partial charge is 0.455 e. The Hall–Kier alpha value is -3.68. The van der Waals surface area contributed by atoms with Gasteiger partial charge in [0, 0.05) is 0 Å². The molecule has 0 spiro atoms. The standard InChI is InChI=1S/C18H16N4O4/c1-11-6-5-7-13(10-11)26-15-9-4-3-8-14(15)19-18(23)16-17(22(24)25)12(2)20-21-16/h3-10H,1-2H3,(H,19,23)(H,20,21). The molecule has 0 atom stereocenters. The molecule has 0 saturated carbocycles. The fourth-order valence-corrected chi connectivity index (χ4v) is 2.45. The second-order valence-corrected chi connectivity index (χ2v) is 5.67. The third-order valence-corrected chi connectivity index (χ3v) is 3.67. The monoisotopic (exact) mass is 352 g/mol. The number of amides is 1. The van der Waals surface area contributed by atoms with E-state index in [1.54, 1.807) is 30.3 Å². The van der Waals surface area contributed by atoms with Gasteiger partial charge in [-0.2, -0.15) is 5.10 Å². The third kappa shape index (κ3) is 3.54. The summed E-state index contributed by atoms with van der Waals surface area (Å²) in [6.45, 7) is 3.43. The van der Waals surface area contributed by atoms with E-state index in [4.69, 9.17) is 4.74 Å². The summed E-state index contributed by atoms with van der Waals surface area (Å²) in [5.74, 6) is 0.344. The van der Waals surface area contributed by atoms with Gasteiger partial charge in [-0.3, -0.25) is 20.0 Å². The predicted octanol–water partition coefficient (Wildman–Crippen LogP) is 3.98. The molecule has 0 aliphatic carbocycles. The number of ether oxygens (including phenoxy) is 1. The number of carbonyl (C=O) groups excluding carboxylic acids is 1. The van der Waals surface area contributed by atoms with Crippen molar-refractivity contribution >= 4 is 17.3 Å². The first kappa shape index (κ1) is 17.2. The molecule has 0 aliphatic heterocycles. The molecule has 26 heavy (non-hydrogen) atoms. The Bertz CT molecular complexity index is 981. The summed E-state index contributed by atoms with van der Waals surface area (Å²) < 4.78 is 5.83. The van der Waals surface area contributed by atoms with E-state index < -0.39 is 10.8 Å². The SMILES string of the molecule is Cc1cccc(Oc2ccccc2NC(=O)c2n[nH]c(C)c2[N+](=O)[O-])c1. The van der Waals surface area contributed by atoms with Gasteiger partial charge in [0.2, 0.25) is 5.69 Å². The molecule has 3 aromatic rings. The molecule has 0 bridgehead atoms. The number of hydrogen-bond acceptors (Lipinski definition) is 5. The van der Waals surface area contributed by atoms with Crippen LogP contribution in [0.2, 0.25) is 0 Å². The lowest BCUT2D eigenvalue weighted by Gasteiger charge is -2.12. The van der Waals surface area contributed by atoms with E-state index in [2.05, 4.69) is 15.5 Å². The average molecular weight is 352 g/mol. The van der Waals surface area contributed by atoms with Crippen molar-refractivity contribution in [2.24, 2.45) is 0 Å². The molecule has 1 aromatic heterocycles. The maximum atomic E-state index is 12.5. The molecule has 0 saturated heterocycles. The number of rotatable bonds is 5. The van der Waals surface area contributed by atoms with Gasteiger partial charge in [0.05, 0.1) is 10.6 Å². The van der Waals surface area contributed by atoms with Crippen LogP contribution in [0.15, 0.2) is 48.5 Å². The maximum absolute atomic E-state index is 12.5. The Morgan fingerprint density at radius 1 is 1.19 bits per heavy atom. The molecule has 2 N–H and O–H groups in total. The Labute approximate surface area is 149 Å². The number of para-hydroxylation sites is 2. The molecule has 8 nitrogen and oxygen atoms in total. The van der Waals surface area contributed by atoms with Crippen molar-refractivity contribution in [2.75, 3.05) is 5.32 Å². The van der Waals surface area contributed by atoms with Crippen molar-refractivity contribution < 1.29 is 14.5 Å². The summed E-state index contributed by atoms with van der Waals surface area (Å²) in [5, 5.41) is 20.0. The Morgan fingerprint density at radius 3 is 2.69 bits per heavy atom. The number of benzene rings is 2. The minimum atomic E-state index is -0.693. The van der Waals surface area contributed by atoms with E-state index >= 15 is 0 Å². The average Bonchev–Trinajstić information content (AvgIpc) is 2.98. The number of carbonyl (C=O) groups is 1. The van der Waals surface area contributed by atoms with Crippen LogP contribution in [0.5, 0.6) is 11.5 Å². The highest BCUT2D eigenvalue weighted by Gasteiger charge is 2.27. The number of hydrogen-bond donors (Lipinski definition) is 2. The van der Waals surface area contributed by atoms with Gasteiger partial charge < -0.3 is 10.1 Å². The molecule has 1 heterocycles. The second kappa shape index (κ2) is 7.06. The van der Waals surface area contributed by atoms with E-state index in [9.17, 15) is 14.9 Å². The molecule has 0 aliphatic rings. The zero-order valence-corrected chi connectivity index (χ0v) is 14.1. The molecule has 0 radical (unpaired) electrons. The fraction of sp³-hybridized carbons (Fsp3) is 0.111. The second-order valence-electron chi connectivity index (χ2n) is 5.67. The smallest absolute Gasteiger partial charge is 0.322 e. The number of H-pyrrole nitrogens is 1. The molecule has 1 amide bonds.